The second kappa shape index (κ2) is 5.70. The van der Waals surface area contributed by atoms with Crippen LogP contribution in [0.25, 0.3) is 0 Å². The summed E-state index contributed by atoms with van der Waals surface area (Å²) >= 11 is 5.18. The number of hydrogen-bond acceptors (Lipinski definition) is 2. The minimum Gasteiger partial charge on any atom is -0.345 e. The Balaban J connectivity index is 1.74. The number of carbonyl (C=O) groups excluding carboxylic acids is 1. The van der Waals surface area contributed by atoms with Crippen LogP contribution in [0.15, 0.2) is 34.8 Å². The van der Waals surface area contributed by atoms with Gasteiger partial charge in [-0.1, -0.05) is 34.1 Å². The van der Waals surface area contributed by atoms with E-state index in [9.17, 15) is 4.79 Å². The molecule has 1 aliphatic carbocycles. The standard InChI is InChI=1S/C16H16BrNOS/c1-10(12-6-2-3-7-13(12)17)18-16(19)15-9-11-5-4-8-14(11)20-15/h2-3,6-7,9-10H,4-5,8H2,1H3,(H,18,19)/t10-/m1/s1. The van der Waals surface area contributed by atoms with Crippen molar-refractivity contribution in [2.45, 2.75) is 32.2 Å². The largest absolute Gasteiger partial charge is 0.345 e. The Morgan fingerprint density at radius 3 is 2.90 bits per heavy atom. The Morgan fingerprint density at radius 1 is 1.35 bits per heavy atom. The van der Waals surface area contributed by atoms with Crippen LogP contribution in [0.5, 0.6) is 0 Å². The van der Waals surface area contributed by atoms with Crippen LogP contribution in [0.1, 0.15) is 45.1 Å². The van der Waals surface area contributed by atoms with Gasteiger partial charge in [0.05, 0.1) is 10.9 Å². The summed E-state index contributed by atoms with van der Waals surface area (Å²) in [7, 11) is 0. The van der Waals surface area contributed by atoms with Crippen LogP contribution in [0.4, 0.5) is 0 Å². The Morgan fingerprint density at radius 2 is 2.15 bits per heavy atom. The third-order valence-electron chi connectivity index (χ3n) is 3.69. The highest BCUT2D eigenvalue weighted by atomic mass is 79.9. The SMILES string of the molecule is C[C@@H](NC(=O)c1cc2c(s1)CCC2)c1ccccc1Br. The third-order valence-corrected chi connectivity index (χ3v) is 5.65. The lowest BCUT2D eigenvalue weighted by molar-refractivity contribution is 0.0944. The molecule has 1 heterocycles. The highest BCUT2D eigenvalue weighted by molar-refractivity contribution is 9.10. The van der Waals surface area contributed by atoms with E-state index >= 15 is 0 Å². The van der Waals surface area contributed by atoms with Crippen LogP contribution in [-0.2, 0) is 12.8 Å². The molecule has 1 aromatic carbocycles. The molecule has 0 spiro atoms. The summed E-state index contributed by atoms with van der Waals surface area (Å²) in [5, 5.41) is 3.08. The number of carbonyl (C=O) groups is 1. The van der Waals surface area contributed by atoms with Gasteiger partial charge in [0.15, 0.2) is 0 Å². The third kappa shape index (κ3) is 2.67. The molecule has 20 heavy (non-hydrogen) atoms. The van der Waals surface area contributed by atoms with Crippen molar-refractivity contribution in [1.82, 2.24) is 5.32 Å². The monoisotopic (exact) mass is 349 g/mol. The Bertz CT molecular complexity index is 628. The minimum atomic E-state index is -0.00462. The highest BCUT2D eigenvalue weighted by Crippen LogP contribution is 2.31. The first kappa shape index (κ1) is 13.8. The summed E-state index contributed by atoms with van der Waals surface area (Å²) in [5.41, 5.74) is 2.47. The Labute approximate surface area is 131 Å². The van der Waals surface area contributed by atoms with Crippen molar-refractivity contribution in [2.75, 3.05) is 0 Å². The number of aryl methyl sites for hydroxylation is 2. The van der Waals surface area contributed by atoms with E-state index in [2.05, 4.69) is 27.3 Å². The number of amides is 1. The Kier molecular flexibility index (Phi) is 3.94. The van der Waals surface area contributed by atoms with Crippen LogP contribution in [0, 0.1) is 0 Å². The second-order valence-corrected chi connectivity index (χ2v) is 7.12. The summed E-state index contributed by atoms with van der Waals surface area (Å²) in [6.07, 6.45) is 3.49. The van der Waals surface area contributed by atoms with Gasteiger partial charge in [0.1, 0.15) is 0 Å². The van der Waals surface area contributed by atoms with E-state index in [0.717, 1.165) is 27.8 Å². The van der Waals surface area contributed by atoms with Crippen molar-refractivity contribution in [2.24, 2.45) is 0 Å². The lowest BCUT2D eigenvalue weighted by atomic mass is 10.1. The quantitative estimate of drug-likeness (QED) is 0.868. The van der Waals surface area contributed by atoms with Gasteiger partial charge >= 0.3 is 0 Å². The molecular formula is C16H16BrNOS. The van der Waals surface area contributed by atoms with Gasteiger partial charge in [-0.2, -0.15) is 0 Å². The molecule has 1 N–H and O–H groups in total. The molecule has 0 bridgehead atoms. The van der Waals surface area contributed by atoms with E-state index in [1.165, 1.54) is 16.9 Å². The summed E-state index contributed by atoms with van der Waals surface area (Å²) < 4.78 is 1.03. The fourth-order valence-corrected chi connectivity index (χ4v) is 4.40. The average molecular weight is 350 g/mol. The van der Waals surface area contributed by atoms with Gasteiger partial charge in [0.2, 0.25) is 0 Å². The van der Waals surface area contributed by atoms with Crippen molar-refractivity contribution in [3.05, 3.63) is 55.7 Å². The predicted octanol–water partition coefficient (Wildman–Crippen LogP) is 4.49. The molecule has 0 radical (unpaired) electrons. The van der Waals surface area contributed by atoms with Gasteiger partial charge in [-0.15, -0.1) is 11.3 Å². The molecule has 2 aromatic rings. The number of hydrogen-bond donors (Lipinski definition) is 1. The van der Waals surface area contributed by atoms with Crippen molar-refractivity contribution in [3.8, 4) is 0 Å². The molecule has 3 rings (SSSR count). The normalized spacial score (nSPS) is 14.9. The molecule has 0 saturated carbocycles. The predicted molar refractivity (Wildman–Crippen MR) is 86.4 cm³/mol. The maximum absolute atomic E-state index is 12.3. The summed E-state index contributed by atoms with van der Waals surface area (Å²) in [5.74, 6) is 0.0349. The number of thiophene rings is 1. The summed E-state index contributed by atoms with van der Waals surface area (Å²) in [6.45, 7) is 2.01. The lowest BCUT2D eigenvalue weighted by Crippen LogP contribution is -2.26. The molecule has 1 aromatic heterocycles. The van der Waals surface area contributed by atoms with E-state index in [4.69, 9.17) is 0 Å². The number of rotatable bonds is 3. The lowest BCUT2D eigenvalue weighted by Gasteiger charge is -2.15. The molecule has 1 aliphatic rings. The van der Waals surface area contributed by atoms with E-state index in [0.29, 0.717) is 0 Å². The number of nitrogens with one attached hydrogen (secondary N) is 1. The van der Waals surface area contributed by atoms with Crippen molar-refractivity contribution < 1.29 is 4.79 Å². The topological polar surface area (TPSA) is 29.1 Å². The zero-order valence-corrected chi connectivity index (χ0v) is 13.7. The molecule has 0 fully saturated rings. The van der Waals surface area contributed by atoms with E-state index in [1.54, 1.807) is 11.3 Å². The maximum Gasteiger partial charge on any atom is 0.261 e. The maximum atomic E-state index is 12.3. The van der Waals surface area contributed by atoms with Gasteiger partial charge < -0.3 is 5.32 Å². The zero-order chi connectivity index (χ0) is 14.1. The van der Waals surface area contributed by atoms with Crippen molar-refractivity contribution in [3.63, 3.8) is 0 Å². The highest BCUT2D eigenvalue weighted by Gasteiger charge is 2.20. The van der Waals surface area contributed by atoms with Gasteiger partial charge in [0.25, 0.3) is 5.91 Å². The molecule has 4 heteroatoms. The van der Waals surface area contributed by atoms with E-state index in [-0.39, 0.29) is 11.9 Å². The van der Waals surface area contributed by atoms with Crippen LogP contribution in [0.2, 0.25) is 0 Å². The smallest absolute Gasteiger partial charge is 0.261 e. The number of halogens is 1. The van der Waals surface area contributed by atoms with Crippen LogP contribution < -0.4 is 5.32 Å². The van der Waals surface area contributed by atoms with Crippen molar-refractivity contribution in [1.29, 1.82) is 0 Å². The van der Waals surface area contributed by atoms with Crippen molar-refractivity contribution >= 4 is 33.2 Å². The Hall–Kier alpha value is -1.13. The molecule has 0 saturated heterocycles. The van der Waals surface area contributed by atoms with Gasteiger partial charge in [0, 0.05) is 9.35 Å². The van der Waals surface area contributed by atoms with Gasteiger partial charge in [-0.3, -0.25) is 4.79 Å². The minimum absolute atomic E-state index is 0.00462. The first-order valence-corrected chi connectivity index (χ1v) is 8.43. The molecule has 1 amide bonds. The molecule has 0 aliphatic heterocycles. The van der Waals surface area contributed by atoms with Gasteiger partial charge in [-0.05, 0) is 49.4 Å². The van der Waals surface area contributed by atoms with Gasteiger partial charge in [-0.25, -0.2) is 0 Å². The van der Waals surface area contributed by atoms with Crippen LogP contribution in [-0.4, -0.2) is 5.91 Å². The molecule has 2 nitrogen and oxygen atoms in total. The molecule has 1 atom stereocenters. The van der Waals surface area contributed by atoms with E-state index < -0.39 is 0 Å². The molecule has 0 unspecified atom stereocenters. The summed E-state index contributed by atoms with van der Waals surface area (Å²) in [4.78, 5) is 14.6. The van der Waals surface area contributed by atoms with Crippen LogP contribution in [0.3, 0.4) is 0 Å². The molecule has 104 valence electrons. The fourth-order valence-electron chi connectivity index (χ4n) is 2.61. The zero-order valence-electron chi connectivity index (χ0n) is 11.3. The van der Waals surface area contributed by atoms with Crippen LogP contribution >= 0.6 is 27.3 Å². The molecular weight excluding hydrogens is 334 g/mol. The second-order valence-electron chi connectivity index (χ2n) is 5.13. The first-order chi connectivity index (χ1) is 9.65. The first-order valence-electron chi connectivity index (χ1n) is 6.82. The number of benzene rings is 1. The summed E-state index contributed by atoms with van der Waals surface area (Å²) in [6, 6.07) is 10.1. The average Bonchev–Trinajstić information content (AvgIpc) is 2.99. The van der Waals surface area contributed by atoms with E-state index in [1.807, 2.05) is 31.2 Å². The number of fused-ring (bicyclic) bond motifs is 1. The fraction of sp³-hybridized carbons (Fsp3) is 0.312.